The molecule has 0 unspecified atom stereocenters. The SMILES string of the molecule is C=CCC(CC=C)(CC=C)CCC(=O)CC(F)(F)COCC(F)(F)OC(F)(F)CC(F)(F)COCC(F)(F)OC(F)(F)CC(F)(F)C(=O)NCC(CC=C)(CC=C)CC=C. The van der Waals surface area contributed by atoms with Gasteiger partial charge in [0.15, 0.2) is 0 Å². The van der Waals surface area contributed by atoms with E-state index in [0.29, 0.717) is 19.3 Å². The van der Waals surface area contributed by atoms with Gasteiger partial charge in [0.25, 0.3) is 17.8 Å². The monoisotopic (exact) mass is 895 g/mol. The van der Waals surface area contributed by atoms with Crippen molar-refractivity contribution in [3.63, 3.8) is 0 Å². The van der Waals surface area contributed by atoms with Gasteiger partial charge in [0, 0.05) is 13.0 Å². The average molecular weight is 896 g/mol. The Hall–Kier alpha value is -3.56. The molecule has 0 aromatic carbocycles. The number of amides is 1. The molecule has 0 fully saturated rings. The standard InChI is InChI=1S/C39H51F14NO6/c1-7-14-31(15-8-2,16-9-3)20-13-29(55)21-33(40,41)25-57-27-38(50,51)59-36(46,47)22-34(42,43)26-58-28-39(52,53)60-37(48,49)23-35(44,45)30(56)54-24-32(17-10-4,18-11-5)19-12-6/h7-12H,1-6,13-28H2,(H,54,56). The van der Waals surface area contributed by atoms with Gasteiger partial charge in [0.05, 0.1) is 6.42 Å². The maximum atomic E-state index is 14.4. The van der Waals surface area contributed by atoms with Gasteiger partial charge in [-0.05, 0) is 55.8 Å². The van der Waals surface area contributed by atoms with Gasteiger partial charge in [-0.3, -0.25) is 19.1 Å². The van der Waals surface area contributed by atoms with Crippen LogP contribution in [0.2, 0.25) is 0 Å². The molecule has 1 amide bonds. The third-order valence-corrected chi connectivity index (χ3v) is 8.47. The van der Waals surface area contributed by atoms with Crippen molar-refractivity contribution in [1.82, 2.24) is 5.32 Å². The molecule has 346 valence electrons. The van der Waals surface area contributed by atoms with Crippen molar-refractivity contribution < 1.29 is 90.0 Å². The van der Waals surface area contributed by atoms with Gasteiger partial charge >= 0.3 is 30.4 Å². The zero-order chi connectivity index (χ0) is 46.7. The van der Waals surface area contributed by atoms with Gasteiger partial charge < -0.3 is 14.8 Å². The van der Waals surface area contributed by atoms with Crippen LogP contribution >= 0.6 is 0 Å². The zero-order valence-electron chi connectivity index (χ0n) is 32.8. The van der Waals surface area contributed by atoms with E-state index in [9.17, 15) is 71.1 Å². The van der Waals surface area contributed by atoms with Crippen molar-refractivity contribution in [3.8, 4) is 0 Å². The molecule has 0 aliphatic rings. The topological polar surface area (TPSA) is 83.1 Å². The molecule has 0 saturated heterocycles. The molecule has 0 aliphatic heterocycles. The fourth-order valence-electron chi connectivity index (χ4n) is 5.99. The van der Waals surface area contributed by atoms with Crippen LogP contribution in [0, 0.1) is 10.8 Å². The number of ketones is 1. The lowest BCUT2D eigenvalue weighted by molar-refractivity contribution is -0.401. The van der Waals surface area contributed by atoms with Crippen LogP contribution in [0.25, 0.3) is 0 Å². The second kappa shape index (κ2) is 23.6. The zero-order valence-corrected chi connectivity index (χ0v) is 32.8. The van der Waals surface area contributed by atoms with Gasteiger partial charge in [-0.1, -0.05) is 36.5 Å². The summed E-state index contributed by atoms with van der Waals surface area (Å²) < 4.78 is 212. The highest BCUT2D eigenvalue weighted by molar-refractivity contribution is 5.83. The van der Waals surface area contributed by atoms with Crippen LogP contribution in [-0.4, -0.2) is 86.9 Å². The maximum Gasteiger partial charge on any atom is 0.383 e. The van der Waals surface area contributed by atoms with Crippen molar-refractivity contribution >= 4 is 11.7 Å². The number of carbonyl (C=O) groups is 2. The Kier molecular flexibility index (Phi) is 22.2. The Bertz CT molecular complexity index is 1380. The predicted octanol–water partition coefficient (Wildman–Crippen LogP) is 11.4. The summed E-state index contributed by atoms with van der Waals surface area (Å²) in [5.74, 6) is -17.5. The molecular weight excluding hydrogens is 844 g/mol. The molecular formula is C39H51F14NO6. The Labute approximate surface area is 339 Å². The van der Waals surface area contributed by atoms with Crippen LogP contribution in [0.15, 0.2) is 75.9 Å². The fraction of sp³-hybridized carbons (Fsp3) is 0.641. The number of halogens is 14. The van der Waals surface area contributed by atoms with E-state index in [-0.39, 0.29) is 32.1 Å². The minimum absolute atomic E-state index is 0.102. The number of carbonyl (C=O) groups excluding carboxylic acids is 2. The number of Topliss-reactive ketones (excluding diaryl/α,β-unsaturated/α-hetero) is 1. The summed E-state index contributed by atoms with van der Waals surface area (Å²) in [4.78, 5) is 24.3. The number of hydrogen-bond acceptors (Lipinski definition) is 6. The lowest BCUT2D eigenvalue weighted by atomic mass is 9.74. The second-order valence-electron chi connectivity index (χ2n) is 14.4. The van der Waals surface area contributed by atoms with Crippen LogP contribution in [0.1, 0.15) is 70.6 Å². The number of hydrogen-bond donors (Lipinski definition) is 1. The van der Waals surface area contributed by atoms with Crippen LogP contribution in [0.4, 0.5) is 61.5 Å². The van der Waals surface area contributed by atoms with Gasteiger partial charge in [0.2, 0.25) is 0 Å². The molecule has 21 heteroatoms. The normalized spacial score (nSPS) is 13.7. The number of rotatable bonds is 36. The molecule has 0 atom stereocenters. The maximum absolute atomic E-state index is 14.4. The highest BCUT2D eigenvalue weighted by Gasteiger charge is 2.55. The molecule has 0 aliphatic carbocycles. The van der Waals surface area contributed by atoms with Crippen molar-refractivity contribution in [3.05, 3.63) is 75.9 Å². The average Bonchev–Trinajstić information content (AvgIpc) is 3.04. The van der Waals surface area contributed by atoms with E-state index < -0.39 is 117 Å². The molecule has 0 rings (SSSR count). The first-order valence-electron chi connectivity index (χ1n) is 18.0. The molecule has 0 saturated carbocycles. The minimum atomic E-state index is -5.53. The third kappa shape index (κ3) is 22.3. The quantitative estimate of drug-likeness (QED) is 0.0498. The van der Waals surface area contributed by atoms with Gasteiger partial charge in [-0.15, -0.1) is 39.5 Å². The summed E-state index contributed by atoms with van der Waals surface area (Å²) in [6, 6.07) is 0. The minimum Gasteiger partial charge on any atom is -0.366 e. The molecule has 0 spiro atoms. The number of nitrogens with one attached hydrogen (secondary N) is 1. The number of alkyl halides is 14. The first kappa shape index (κ1) is 56.4. The molecule has 1 N–H and O–H groups in total. The lowest BCUT2D eigenvalue weighted by Crippen LogP contribution is -2.49. The third-order valence-electron chi connectivity index (χ3n) is 8.47. The molecule has 7 nitrogen and oxygen atoms in total. The Balaban J connectivity index is 5.19. The molecule has 0 aromatic rings. The molecule has 0 heterocycles. The molecule has 0 aromatic heterocycles. The largest absolute Gasteiger partial charge is 0.383 e. The number of ether oxygens (including phenoxy) is 4. The first-order chi connectivity index (χ1) is 27.3. The second-order valence-corrected chi connectivity index (χ2v) is 14.4. The van der Waals surface area contributed by atoms with Crippen molar-refractivity contribution in [2.24, 2.45) is 10.8 Å². The summed E-state index contributed by atoms with van der Waals surface area (Å²) in [6.45, 7) is 11.4. The van der Waals surface area contributed by atoms with Gasteiger partial charge in [-0.2, -0.15) is 43.9 Å². The summed E-state index contributed by atoms with van der Waals surface area (Å²) in [6.07, 6.45) is -19.1. The Morgan fingerprint density at radius 3 is 1.25 bits per heavy atom. The van der Waals surface area contributed by atoms with Gasteiger partial charge in [0.1, 0.15) is 45.1 Å². The number of allylic oxidation sites excluding steroid dienone is 6. The predicted molar refractivity (Wildman–Crippen MR) is 193 cm³/mol. The van der Waals surface area contributed by atoms with Gasteiger partial charge in [-0.25, -0.2) is 17.6 Å². The summed E-state index contributed by atoms with van der Waals surface area (Å²) >= 11 is 0. The van der Waals surface area contributed by atoms with Crippen molar-refractivity contribution in [1.29, 1.82) is 0 Å². The summed E-state index contributed by atoms with van der Waals surface area (Å²) in [7, 11) is 0. The van der Waals surface area contributed by atoms with Crippen LogP contribution in [-0.2, 0) is 28.5 Å². The molecule has 0 bridgehead atoms. The van der Waals surface area contributed by atoms with Crippen LogP contribution in [0.3, 0.4) is 0 Å². The van der Waals surface area contributed by atoms with E-state index in [4.69, 9.17) is 0 Å². The van der Waals surface area contributed by atoms with Crippen LogP contribution < -0.4 is 5.32 Å². The van der Waals surface area contributed by atoms with E-state index in [2.05, 4.69) is 58.4 Å². The molecule has 0 radical (unpaired) electrons. The first-order valence-corrected chi connectivity index (χ1v) is 18.0. The van der Waals surface area contributed by atoms with E-state index in [1.165, 1.54) is 18.2 Å². The summed E-state index contributed by atoms with van der Waals surface area (Å²) in [5.41, 5.74) is -1.59. The lowest BCUT2D eigenvalue weighted by Gasteiger charge is -2.32. The highest BCUT2D eigenvalue weighted by atomic mass is 19.3. The Morgan fingerprint density at radius 2 is 0.850 bits per heavy atom. The van der Waals surface area contributed by atoms with Crippen molar-refractivity contribution in [2.45, 2.75) is 113 Å². The smallest absolute Gasteiger partial charge is 0.366 e. The summed E-state index contributed by atoms with van der Waals surface area (Å²) in [5, 5.41) is 1.74. The van der Waals surface area contributed by atoms with E-state index in [1.807, 2.05) is 0 Å². The van der Waals surface area contributed by atoms with E-state index in [1.54, 1.807) is 23.5 Å². The molecule has 60 heavy (non-hydrogen) atoms. The van der Waals surface area contributed by atoms with Crippen molar-refractivity contribution in [2.75, 3.05) is 33.0 Å². The fourth-order valence-corrected chi connectivity index (χ4v) is 5.99. The van der Waals surface area contributed by atoms with Crippen LogP contribution in [0.5, 0.6) is 0 Å². The Morgan fingerprint density at radius 1 is 0.483 bits per heavy atom. The highest BCUT2D eigenvalue weighted by Crippen LogP contribution is 2.41. The van der Waals surface area contributed by atoms with E-state index in [0.717, 1.165) is 0 Å². The van der Waals surface area contributed by atoms with E-state index >= 15 is 0 Å².